The SMILES string of the molecule is Cc1cccnc1CC(CC(C)C)C(=O)O. The molecule has 1 atom stereocenters. The maximum absolute atomic E-state index is 11.1. The molecule has 0 amide bonds. The van der Waals surface area contributed by atoms with Crippen LogP contribution in [-0.2, 0) is 11.2 Å². The Bertz CT molecular complexity index is 361. The van der Waals surface area contributed by atoms with Crippen molar-refractivity contribution in [3.63, 3.8) is 0 Å². The summed E-state index contributed by atoms with van der Waals surface area (Å²) >= 11 is 0. The van der Waals surface area contributed by atoms with Crippen LogP contribution in [0.15, 0.2) is 18.3 Å². The van der Waals surface area contributed by atoms with Gasteiger partial charge in [-0.05, 0) is 30.9 Å². The van der Waals surface area contributed by atoms with Crippen LogP contribution >= 0.6 is 0 Å². The van der Waals surface area contributed by atoms with E-state index in [1.165, 1.54) is 0 Å². The summed E-state index contributed by atoms with van der Waals surface area (Å²) in [4.78, 5) is 15.4. The summed E-state index contributed by atoms with van der Waals surface area (Å²) in [7, 11) is 0. The molecule has 0 spiro atoms. The van der Waals surface area contributed by atoms with Crippen LogP contribution in [0.3, 0.4) is 0 Å². The van der Waals surface area contributed by atoms with Gasteiger partial charge in [0.15, 0.2) is 0 Å². The fourth-order valence-corrected chi connectivity index (χ4v) is 1.81. The van der Waals surface area contributed by atoms with Crippen LogP contribution in [0.2, 0.25) is 0 Å². The van der Waals surface area contributed by atoms with Crippen LogP contribution in [0.25, 0.3) is 0 Å². The maximum atomic E-state index is 11.1. The molecule has 0 aromatic carbocycles. The van der Waals surface area contributed by atoms with E-state index in [0.29, 0.717) is 18.8 Å². The minimum absolute atomic E-state index is 0.325. The zero-order valence-electron chi connectivity index (χ0n) is 10.1. The largest absolute Gasteiger partial charge is 0.481 e. The molecule has 16 heavy (non-hydrogen) atoms. The monoisotopic (exact) mass is 221 g/mol. The van der Waals surface area contributed by atoms with Gasteiger partial charge in [0.05, 0.1) is 5.92 Å². The topological polar surface area (TPSA) is 50.2 Å². The van der Waals surface area contributed by atoms with E-state index in [2.05, 4.69) is 4.98 Å². The van der Waals surface area contributed by atoms with E-state index in [1.807, 2.05) is 32.9 Å². The number of hydrogen-bond donors (Lipinski definition) is 1. The van der Waals surface area contributed by atoms with Crippen molar-refractivity contribution in [2.75, 3.05) is 0 Å². The third kappa shape index (κ3) is 3.65. The Labute approximate surface area is 96.5 Å². The molecule has 1 unspecified atom stereocenters. The van der Waals surface area contributed by atoms with Crippen LogP contribution in [0.4, 0.5) is 0 Å². The average Bonchev–Trinajstić information content (AvgIpc) is 2.19. The van der Waals surface area contributed by atoms with Gasteiger partial charge in [-0.25, -0.2) is 0 Å². The lowest BCUT2D eigenvalue weighted by Gasteiger charge is -2.15. The van der Waals surface area contributed by atoms with Crippen molar-refractivity contribution in [1.82, 2.24) is 4.98 Å². The van der Waals surface area contributed by atoms with E-state index in [-0.39, 0.29) is 5.92 Å². The van der Waals surface area contributed by atoms with E-state index < -0.39 is 5.97 Å². The first-order valence-corrected chi connectivity index (χ1v) is 5.64. The molecule has 1 aromatic heterocycles. The van der Waals surface area contributed by atoms with E-state index in [4.69, 9.17) is 5.11 Å². The van der Waals surface area contributed by atoms with Crippen LogP contribution in [0, 0.1) is 18.8 Å². The number of carboxylic acids is 1. The molecular formula is C13H19NO2. The van der Waals surface area contributed by atoms with Crippen molar-refractivity contribution < 1.29 is 9.90 Å². The highest BCUT2D eigenvalue weighted by Crippen LogP contribution is 2.18. The lowest BCUT2D eigenvalue weighted by molar-refractivity contribution is -0.142. The van der Waals surface area contributed by atoms with Gasteiger partial charge in [-0.3, -0.25) is 9.78 Å². The number of aryl methyl sites for hydroxylation is 1. The van der Waals surface area contributed by atoms with Gasteiger partial charge in [-0.15, -0.1) is 0 Å². The molecule has 1 N–H and O–H groups in total. The van der Waals surface area contributed by atoms with E-state index in [0.717, 1.165) is 11.3 Å². The minimum Gasteiger partial charge on any atom is -0.481 e. The third-order valence-corrected chi connectivity index (χ3v) is 2.66. The minimum atomic E-state index is -0.723. The number of hydrogen-bond acceptors (Lipinski definition) is 2. The zero-order chi connectivity index (χ0) is 12.1. The lowest BCUT2D eigenvalue weighted by Crippen LogP contribution is -2.19. The molecule has 3 heteroatoms. The van der Waals surface area contributed by atoms with Crippen molar-refractivity contribution >= 4 is 5.97 Å². The fourth-order valence-electron chi connectivity index (χ4n) is 1.81. The van der Waals surface area contributed by atoms with Gasteiger partial charge in [-0.2, -0.15) is 0 Å². The smallest absolute Gasteiger partial charge is 0.306 e. The summed E-state index contributed by atoms with van der Waals surface area (Å²) in [6.07, 6.45) is 2.95. The third-order valence-electron chi connectivity index (χ3n) is 2.66. The van der Waals surface area contributed by atoms with Crippen LogP contribution < -0.4 is 0 Å². The van der Waals surface area contributed by atoms with Crippen molar-refractivity contribution in [1.29, 1.82) is 0 Å². The predicted octanol–water partition coefficient (Wildman–Crippen LogP) is 2.68. The van der Waals surface area contributed by atoms with E-state index in [9.17, 15) is 4.79 Å². The molecule has 0 aliphatic heterocycles. The normalized spacial score (nSPS) is 12.8. The van der Waals surface area contributed by atoms with Gasteiger partial charge in [-0.1, -0.05) is 19.9 Å². The standard InChI is InChI=1S/C13H19NO2/c1-9(2)7-11(13(15)16)8-12-10(3)5-4-6-14-12/h4-6,9,11H,7-8H2,1-3H3,(H,15,16). The molecule has 0 bridgehead atoms. The van der Waals surface area contributed by atoms with Crippen molar-refractivity contribution in [2.45, 2.75) is 33.6 Å². The second-order valence-corrected chi connectivity index (χ2v) is 4.64. The molecule has 0 fully saturated rings. The molecule has 1 heterocycles. The molecule has 1 aromatic rings. The van der Waals surface area contributed by atoms with Crippen LogP contribution in [0.1, 0.15) is 31.5 Å². The fraction of sp³-hybridized carbons (Fsp3) is 0.538. The quantitative estimate of drug-likeness (QED) is 0.831. The first-order valence-electron chi connectivity index (χ1n) is 5.64. The average molecular weight is 221 g/mol. The second-order valence-electron chi connectivity index (χ2n) is 4.64. The molecule has 0 saturated heterocycles. The predicted molar refractivity (Wildman–Crippen MR) is 63.3 cm³/mol. The Balaban J connectivity index is 2.76. The molecule has 0 saturated carbocycles. The highest BCUT2D eigenvalue weighted by molar-refractivity contribution is 5.70. The van der Waals surface area contributed by atoms with Gasteiger partial charge in [0.1, 0.15) is 0 Å². The molecule has 1 rings (SSSR count). The number of aliphatic carboxylic acids is 1. The van der Waals surface area contributed by atoms with E-state index >= 15 is 0 Å². The summed E-state index contributed by atoms with van der Waals surface area (Å²) in [5, 5.41) is 9.15. The highest BCUT2D eigenvalue weighted by Gasteiger charge is 2.20. The molecule has 0 aliphatic carbocycles. The first-order chi connectivity index (χ1) is 7.50. The number of pyridine rings is 1. The number of aromatic nitrogens is 1. The van der Waals surface area contributed by atoms with Gasteiger partial charge < -0.3 is 5.11 Å². The molecule has 3 nitrogen and oxygen atoms in total. The Hall–Kier alpha value is -1.38. The summed E-state index contributed by atoms with van der Waals surface area (Å²) in [6.45, 7) is 6.05. The van der Waals surface area contributed by atoms with Crippen molar-refractivity contribution in [3.8, 4) is 0 Å². The van der Waals surface area contributed by atoms with Crippen molar-refractivity contribution in [3.05, 3.63) is 29.6 Å². The summed E-state index contributed by atoms with van der Waals surface area (Å²) in [5.41, 5.74) is 1.97. The van der Waals surface area contributed by atoms with Gasteiger partial charge >= 0.3 is 5.97 Å². The number of rotatable bonds is 5. The Kier molecular flexibility index (Phi) is 4.47. The Morgan fingerprint density at radius 2 is 2.19 bits per heavy atom. The van der Waals surface area contributed by atoms with Gasteiger partial charge in [0, 0.05) is 18.3 Å². The van der Waals surface area contributed by atoms with Crippen LogP contribution in [-0.4, -0.2) is 16.1 Å². The molecule has 0 aliphatic rings. The maximum Gasteiger partial charge on any atom is 0.306 e. The number of carboxylic acid groups (broad SMARTS) is 1. The van der Waals surface area contributed by atoms with Crippen molar-refractivity contribution in [2.24, 2.45) is 11.8 Å². The van der Waals surface area contributed by atoms with Gasteiger partial charge in [0.2, 0.25) is 0 Å². The second kappa shape index (κ2) is 5.64. The molecule has 88 valence electrons. The molecule has 0 radical (unpaired) electrons. The zero-order valence-corrected chi connectivity index (χ0v) is 10.1. The highest BCUT2D eigenvalue weighted by atomic mass is 16.4. The first kappa shape index (κ1) is 12.7. The number of carbonyl (C=O) groups is 1. The summed E-state index contributed by atoms with van der Waals surface area (Å²) in [5.74, 6) is -0.655. The van der Waals surface area contributed by atoms with Gasteiger partial charge in [0.25, 0.3) is 0 Å². The Morgan fingerprint density at radius 3 is 2.69 bits per heavy atom. The summed E-state index contributed by atoms with van der Waals surface area (Å²) < 4.78 is 0. The number of nitrogens with zero attached hydrogens (tertiary/aromatic N) is 1. The Morgan fingerprint density at radius 1 is 1.50 bits per heavy atom. The van der Waals surface area contributed by atoms with E-state index in [1.54, 1.807) is 6.20 Å². The molecular weight excluding hydrogens is 202 g/mol. The summed E-state index contributed by atoms with van der Waals surface area (Å²) in [6, 6.07) is 3.84. The van der Waals surface area contributed by atoms with Crippen LogP contribution in [0.5, 0.6) is 0 Å². The lowest BCUT2D eigenvalue weighted by atomic mass is 9.92.